The molecule has 0 spiro atoms. The van der Waals surface area contributed by atoms with Crippen LogP contribution >= 0.6 is 23.1 Å². The number of carbonyl (C=O) groups excluding carboxylic acids is 3. The van der Waals surface area contributed by atoms with Crippen LogP contribution in [0.4, 0.5) is 5.13 Å². The van der Waals surface area contributed by atoms with Gasteiger partial charge < -0.3 is 25.6 Å². The zero-order valence-corrected chi connectivity index (χ0v) is 21.7. The smallest absolute Gasteiger partial charge is 0.316 e. The summed E-state index contributed by atoms with van der Waals surface area (Å²) in [6, 6.07) is 3.18. The molecule has 15 heteroatoms. The molecule has 0 aromatic carbocycles. The van der Waals surface area contributed by atoms with E-state index < -0.39 is 28.6 Å². The van der Waals surface area contributed by atoms with Gasteiger partial charge in [-0.3, -0.25) is 14.5 Å². The zero-order valence-electron chi connectivity index (χ0n) is 19.3. The Balaban J connectivity index is 1.33. The van der Waals surface area contributed by atoms with Crippen LogP contribution in [0.2, 0.25) is 0 Å². The molecule has 194 valence electrons. The Hall–Kier alpha value is -3.30. The number of nitrogen functional groups attached to an aromatic ring is 1. The highest BCUT2D eigenvalue weighted by Gasteiger charge is 2.52. The van der Waals surface area contributed by atoms with E-state index in [-0.39, 0.29) is 46.4 Å². The number of carbonyl (C=O) groups is 3. The maximum atomic E-state index is 13.4. The molecule has 2 aliphatic heterocycles. The van der Waals surface area contributed by atoms with Crippen molar-refractivity contribution in [1.82, 2.24) is 19.6 Å². The van der Waals surface area contributed by atoms with Gasteiger partial charge >= 0.3 is 5.91 Å². The monoisotopic (exact) mass is 562 g/mol. The Bertz CT molecular complexity index is 1310. The lowest BCUT2D eigenvalue weighted by molar-refractivity contribution is -0.334. The summed E-state index contributed by atoms with van der Waals surface area (Å²) >= 11 is 1.67. The van der Waals surface area contributed by atoms with Crippen LogP contribution in [0.15, 0.2) is 45.7 Å². The number of thiazole rings is 1. The van der Waals surface area contributed by atoms with Gasteiger partial charge in [-0.2, -0.15) is 4.72 Å². The van der Waals surface area contributed by atoms with Gasteiger partial charge in [0.05, 0.1) is 12.4 Å². The highest BCUT2D eigenvalue weighted by molar-refractivity contribution is 7.99. The van der Waals surface area contributed by atoms with Crippen LogP contribution in [0.3, 0.4) is 0 Å². The number of nitrogens with one attached hydrogen (secondary N) is 1. The van der Waals surface area contributed by atoms with Crippen LogP contribution in [0.1, 0.15) is 31.4 Å². The van der Waals surface area contributed by atoms with Crippen molar-refractivity contribution in [3.8, 4) is 5.75 Å². The third kappa shape index (κ3) is 5.10. The van der Waals surface area contributed by atoms with Crippen LogP contribution < -0.4 is 15.6 Å². The van der Waals surface area contributed by atoms with E-state index >= 15 is 0 Å². The fraction of sp³-hybridized carbons (Fsp3) is 0.364. The fourth-order valence-corrected chi connectivity index (χ4v) is 7.53. The Morgan fingerprint density at radius 2 is 2.27 bits per heavy atom. The Morgan fingerprint density at radius 3 is 2.89 bits per heavy atom. The molecule has 2 atom stereocenters. The van der Waals surface area contributed by atoms with E-state index in [1.165, 1.54) is 17.1 Å². The number of hydrogen-bond acceptors (Lipinski definition) is 12. The molecule has 37 heavy (non-hydrogen) atoms. The van der Waals surface area contributed by atoms with Crippen molar-refractivity contribution in [2.45, 2.75) is 41.7 Å². The lowest BCUT2D eigenvalue weighted by Gasteiger charge is -2.39. The maximum Gasteiger partial charge on any atom is 0.316 e. The molecule has 4 N–H and O–H groups in total. The normalized spacial score (nSPS) is 22.3. The lowest BCUT2D eigenvalue weighted by atomic mass is 9.80. The minimum atomic E-state index is -1.57. The fourth-order valence-electron chi connectivity index (χ4n) is 3.89. The first kappa shape index (κ1) is 25.4. The second-order valence-electron chi connectivity index (χ2n) is 8.61. The Labute approximate surface area is 222 Å². The van der Waals surface area contributed by atoms with Crippen molar-refractivity contribution in [2.24, 2.45) is 5.16 Å². The molecular weight excluding hydrogens is 540 g/mol. The molecular formula is C22H22N6O6S3. The highest BCUT2D eigenvalue weighted by atomic mass is 32.2. The van der Waals surface area contributed by atoms with E-state index in [2.05, 4.69) is 19.8 Å². The molecule has 4 heterocycles. The zero-order chi connectivity index (χ0) is 26.2. The standard InChI is InChI=1S/C22H22N6O6S3/c23-21-25-13(10-36-21)17(26-34-22(20(32)33)4-2-5-22)18(31)27-37-11-12(8-28-15(30)7-16(28)37)9-35-19-14(29)3-1-6-24-19/h1,3,6,8,10,16H,2,4-5,7,9,11H2,(H4-,23,25,27,29,31,32,33)/t16-,37?/m1/s1. The van der Waals surface area contributed by atoms with Gasteiger partial charge in [-0.25, -0.2) is 9.97 Å². The predicted molar refractivity (Wildman–Crippen MR) is 136 cm³/mol. The van der Waals surface area contributed by atoms with Gasteiger partial charge in [-0.05, 0) is 31.4 Å². The van der Waals surface area contributed by atoms with Crippen LogP contribution in [0.5, 0.6) is 5.75 Å². The van der Waals surface area contributed by atoms with Crippen LogP contribution in [-0.2, 0) is 30.3 Å². The van der Waals surface area contributed by atoms with E-state index in [9.17, 15) is 24.6 Å². The summed E-state index contributed by atoms with van der Waals surface area (Å²) in [5, 5.41) is 27.5. The third-order valence-electron chi connectivity index (χ3n) is 6.13. The van der Waals surface area contributed by atoms with Crippen molar-refractivity contribution in [1.29, 1.82) is 0 Å². The summed E-state index contributed by atoms with van der Waals surface area (Å²) in [6.07, 6.45) is 4.77. The number of hydrogen-bond donors (Lipinski definition) is 3. The summed E-state index contributed by atoms with van der Waals surface area (Å²) in [7, 11) is 0. The number of carboxylic acids is 1. The summed E-state index contributed by atoms with van der Waals surface area (Å²) in [5.41, 5.74) is 5.02. The third-order valence-corrected chi connectivity index (χ3v) is 10.1. The Morgan fingerprint density at radius 1 is 1.46 bits per heavy atom. The van der Waals surface area contributed by atoms with Crippen LogP contribution in [-0.4, -0.2) is 66.0 Å². The first-order valence-corrected chi connectivity index (χ1v) is 14.6. The summed E-state index contributed by atoms with van der Waals surface area (Å²) < 4.78 is 2.95. The van der Waals surface area contributed by atoms with Gasteiger partial charge in [0.2, 0.25) is 11.3 Å². The number of aromatic hydroxyl groups is 1. The van der Waals surface area contributed by atoms with Crippen molar-refractivity contribution < 1.29 is 29.4 Å². The number of anilines is 1. The van der Waals surface area contributed by atoms with E-state index in [1.54, 1.807) is 29.4 Å². The SMILES string of the molecule is Nc1nc(C(=NOC2(C(=O)[O-])CCC2)C(=O)N[S+]2CC(CSc3ncccc3O)=CN3C(=O)C[C@H]32)cs1. The molecule has 2 aromatic rings. The molecule has 1 unspecified atom stereocenters. The molecule has 5 rings (SSSR count). The van der Waals surface area contributed by atoms with Gasteiger partial charge in [0.15, 0.2) is 22.2 Å². The van der Waals surface area contributed by atoms with Gasteiger partial charge in [-0.15, -0.1) is 11.3 Å². The molecule has 0 bridgehead atoms. The number of aliphatic carboxylic acids is 1. The lowest BCUT2D eigenvalue weighted by Crippen LogP contribution is -2.61. The number of β-lactam (4-membered cyclic amide) rings is 1. The average molecular weight is 563 g/mol. The minimum Gasteiger partial charge on any atom is -0.546 e. The molecule has 3 aliphatic rings. The van der Waals surface area contributed by atoms with Gasteiger partial charge in [-0.1, -0.05) is 16.9 Å². The molecule has 1 saturated heterocycles. The number of amides is 2. The van der Waals surface area contributed by atoms with E-state index in [0.717, 1.165) is 16.9 Å². The number of fused-ring (bicyclic) bond motifs is 1. The largest absolute Gasteiger partial charge is 0.546 e. The molecule has 2 amide bonds. The van der Waals surface area contributed by atoms with Crippen molar-refractivity contribution in [3.05, 3.63) is 41.2 Å². The number of aromatic nitrogens is 2. The number of rotatable bonds is 9. The molecule has 1 saturated carbocycles. The number of thioether (sulfide) groups is 1. The number of nitrogens with two attached hydrogens (primary N) is 1. The summed E-state index contributed by atoms with van der Waals surface area (Å²) in [6.45, 7) is 0. The van der Waals surface area contributed by atoms with Crippen molar-refractivity contribution >= 4 is 62.8 Å². The van der Waals surface area contributed by atoms with Crippen LogP contribution in [0.25, 0.3) is 0 Å². The second-order valence-corrected chi connectivity index (χ2v) is 12.4. The van der Waals surface area contributed by atoms with Crippen molar-refractivity contribution in [3.63, 3.8) is 0 Å². The second kappa shape index (κ2) is 10.2. The number of nitrogens with zero attached hydrogens (tertiary/aromatic N) is 4. The van der Waals surface area contributed by atoms with E-state index in [1.807, 2.05) is 0 Å². The predicted octanol–water partition coefficient (Wildman–Crippen LogP) is 0.117. The quantitative estimate of drug-likeness (QED) is 0.125. The van der Waals surface area contributed by atoms with Gasteiger partial charge in [0.25, 0.3) is 0 Å². The van der Waals surface area contributed by atoms with Crippen molar-refractivity contribution in [2.75, 3.05) is 17.2 Å². The summed E-state index contributed by atoms with van der Waals surface area (Å²) in [4.78, 5) is 52.4. The molecule has 1 aliphatic carbocycles. The molecule has 2 aromatic heterocycles. The van der Waals surface area contributed by atoms with Gasteiger partial charge in [0, 0.05) is 29.1 Å². The number of carboxylic acid groups (broad SMARTS) is 1. The summed E-state index contributed by atoms with van der Waals surface area (Å²) in [5.74, 6) is -1.04. The molecule has 0 radical (unpaired) electrons. The number of oxime groups is 1. The van der Waals surface area contributed by atoms with Gasteiger partial charge in [0.1, 0.15) is 27.6 Å². The first-order chi connectivity index (χ1) is 17.8. The topological polar surface area (TPSA) is 183 Å². The first-order valence-electron chi connectivity index (χ1n) is 11.2. The molecule has 2 fully saturated rings. The number of pyridine rings is 1. The molecule has 12 nitrogen and oxygen atoms in total. The Kier molecular flexibility index (Phi) is 7.00. The van der Waals surface area contributed by atoms with Crippen LogP contribution in [0, 0.1) is 0 Å². The highest BCUT2D eigenvalue weighted by Crippen LogP contribution is 2.36. The average Bonchev–Trinajstić information content (AvgIpc) is 3.26. The van der Waals surface area contributed by atoms with E-state index in [0.29, 0.717) is 29.4 Å². The van der Waals surface area contributed by atoms with E-state index in [4.69, 9.17) is 10.6 Å². The minimum absolute atomic E-state index is 0.0509. The maximum absolute atomic E-state index is 13.4.